The van der Waals surface area contributed by atoms with Gasteiger partial charge in [-0.1, -0.05) is 26.0 Å². The molecule has 0 bridgehead atoms. The van der Waals surface area contributed by atoms with E-state index in [1.807, 2.05) is 19.1 Å². The molecule has 0 spiro atoms. The lowest BCUT2D eigenvalue weighted by molar-refractivity contribution is 1.04. The molecule has 3 rings (SSSR count). The minimum atomic E-state index is 0.279. The van der Waals surface area contributed by atoms with E-state index < -0.39 is 0 Å². The topological polar surface area (TPSA) is 76.7 Å². The van der Waals surface area contributed by atoms with Crippen molar-refractivity contribution in [3.63, 3.8) is 0 Å². The number of nitrogens with zero attached hydrogens (tertiary/aromatic N) is 3. The SMILES string of the molecule is CCc1cccc(Nc2ccc3nc(N)nc(C)c3n2)c1CC. The minimum absolute atomic E-state index is 0.279. The van der Waals surface area contributed by atoms with Crippen molar-refractivity contribution in [2.24, 2.45) is 0 Å². The first-order valence-electron chi connectivity index (χ1n) is 7.91. The van der Waals surface area contributed by atoms with E-state index in [9.17, 15) is 0 Å². The highest BCUT2D eigenvalue weighted by atomic mass is 15.0. The fourth-order valence-electron chi connectivity index (χ4n) is 2.89. The number of pyridine rings is 1. The normalized spacial score (nSPS) is 10.9. The molecule has 0 unspecified atom stereocenters. The van der Waals surface area contributed by atoms with E-state index in [0.29, 0.717) is 0 Å². The van der Waals surface area contributed by atoms with Gasteiger partial charge >= 0.3 is 0 Å². The van der Waals surface area contributed by atoms with Crippen molar-refractivity contribution in [3.05, 3.63) is 47.2 Å². The minimum Gasteiger partial charge on any atom is -0.368 e. The number of nitrogens with two attached hydrogens (primary N) is 1. The smallest absolute Gasteiger partial charge is 0.220 e. The molecule has 0 aliphatic carbocycles. The number of nitrogen functional groups attached to an aromatic ring is 1. The third kappa shape index (κ3) is 2.95. The Kier molecular flexibility index (Phi) is 4.10. The molecule has 0 aliphatic heterocycles. The van der Waals surface area contributed by atoms with Crippen LogP contribution in [-0.4, -0.2) is 15.0 Å². The maximum atomic E-state index is 5.69. The average Bonchev–Trinajstić information content (AvgIpc) is 2.55. The Hall–Kier alpha value is -2.69. The Morgan fingerprint density at radius 1 is 1.00 bits per heavy atom. The van der Waals surface area contributed by atoms with Crippen LogP contribution in [0.2, 0.25) is 0 Å². The van der Waals surface area contributed by atoms with E-state index in [0.717, 1.165) is 41.1 Å². The van der Waals surface area contributed by atoms with Crippen LogP contribution in [0.4, 0.5) is 17.5 Å². The lowest BCUT2D eigenvalue weighted by Crippen LogP contribution is -2.03. The third-order valence-electron chi connectivity index (χ3n) is 4.00. The zero-order valence-corrected chi connectivity index (χ0v) is 13.7. The first-order valence-corrected chi connectivity index (χ1v) is 7.91. The number of hydrogen-bond acceptors (Lipinski definition) is 5. The summed E-state index contributed by atoms with van der Waals surface area (Å²) in [5.74, 6) is 1.07. The number of fused-ring (bicyclic) bond motifs is 1. The predicted octanol–water partition coefficient (Wildman–Crippen LogP) is 3.78. The quantitative estimate of drug-likeness (QED) is 0.767. The maximum Gasteiger partial charge on any atom is 0.220 e. The summed E-state index contributed by atoms with van der Waals surface area (Å²) >= 11 is 0. The first-order chi connectivity index (χ1) is 11.1. The second-order valence-electron chi connectivity index (χ2n) is 5.51. The first kappa shape index (κ1) is 15.2. The Morgan fingerprint density at radius 2 is 1.83 bits per heavy atom. The van der Waals surface area contributed by atoms with Gasteiger partial charge in [-0.3, -0.25) is 0 Å². The summed E-state index contributed by atoms with van der Waals surface area (Å²) in [4.78, 5) is 13.1. The van der Waals surface area contributed by atoms with Crippen molar-refractivity contribution in [2.75, 3.05) is 11.1 Å². The molecule has 0 fully saturated rings. The van der Waals surface area contributed by atoms with Crippen molar-refractivity contribution in [2.45, 2.75) is 33.6 Å². The van der Waals surface area contributed by atoms with E-state index in [1.165, 1.54) is 11.1 Å². The lowest BCUT2D eigenvalue weighted by Gasteiger charge is -2.14. The highest BCUT2D eigenvalue weighted by Crippen LogP contribution is 2.25. The molecule has 23 heavy (non-hydrogen) atoms. The van der Waals surface area contributed by atoms with Gasteiger partial charge in [0, 0.05) is 5.69 Å². The van der Waals surface area contributed by atoms with Gasteiger partial charge in [0.2, 0.25) is 5.95 Å². The number of rotatable bonds is 4. The van der Waals surface area contributed by atoms with E-state index in [2.05, 4.69) is 52.3 Å². The molecule has 118 valence electrons. The Balaban J connectivity index is 2.02. The molecule has 5 nitrogen and oxygen atoms in total. The van der Waals surface area contributed by atoms with Crippen molar-refractivity contribution < 1.29 is 0 Å². The fraction of sp³-hybridized carbons (Fsp3) is 0.278. The standard InChI is InChI=1S/C18H21N5/c1-4-12-7-6-8-14(13(12)5-2)21-16-10-9-15-17(23-16)11(3)20-18(19)22-15/h6-10H,4-5H2,1-3H3,(H,21,23)(H2,19,20,22). The number of benzene rings is 1. The van der Waals surface area contributed by atoms with Crippen molar-refractivity contribution in [1.29, 1.82) is 0 Å². The number of nitrogens with one attached hydrogen (secondary N) is 1. The van der Waals surface area contributed by atoms with Crippen molar-refractivity contribution in [1.82, 2.24) is 15.0 Å². The molecule has 1 aromatic carbocycles. The van der Waals surface area contributed by atoms with E-state index in [-0.39, 0.29) is 5.95 Å². The molecule has 0 radical (unpaired) electrons. The summed E-state index contributed by atoms with van der Waals surface area (Å²) in [5.41, 5.74) is 11.8. The van der Waals surface area contributed by atoms with Gasteiger partial charge in [-0.2, -0.15) is 0 Å². The largest absolute Gasteiger partial charge is 0.368 e. The third-order valence-corrected chi connectivity index (χ3v) is 4.00. The highest BCUT2D eigenvalue weighted by molar-refractivity contribution is 5.80. The Labute approximate surface area is 136 Å². The van der Waals surface area contributed by atoms with Gasteiger partial charge in [-0.25, -0.2) is 15.0 Å². The maximum absolute atomic E-state index is 5.69. The van der Waals surface area contributed by atoms with Crippen LogP contribution >= 0.6 is 0 Å². The molecule has 0 saturated heterocycles. The second kappa shape index (κ2) is 6.20. The van der Waals surface area contributed by atoms with Crippen molar-refractivity contribution >= 4 is 28.5 Å². The summed E-state index contributed by atoms with van der Waals surface area (Å²) in [7, 11) is 0. The van der Waals surface area contributed by atoms with Gasteiger partial charge in [0.05, 0.1) is 11.2 Å². The summed E-state index contributed by atoms with van der Waals surface area (Å²) < 4.78 is 0. The average molecular weight is 307 g/mol. The number of aromatic nitrogens is 3. The van der Waals surface area contributed by atoms with Gasteiger partial charge in [0.1, 0.15) is 11.3 Å². The number of hydrogen-bond donors (Lipinski definition) is 2. The number of aryl methyl sites for hydroxylation is 2. The molecule has 5 heteroatoms. The lowest BCUT2D eigenvalue weighted by atomic mass is 10.0. The molecule has 0 saturated carbocycles. The van der Waals surface area contributed by atoms with Gasteiger partial charge in [-0.05, 0) is 49.1 Å². The van der Waals surface area contributed by atoms with Crippen LogP contribution in [0, 0.1) is 6.92 Å². The van der Waals surface area contributed by atoms with Crippen LogP contribution in [0.25, 0.3) is 11.0 Å². The molecule has 3 N–H and O–H groups in total. The monoisotopic (exact) mass is 307 g/mol. The van der Waals surface area contributed by atoms with Gasteiger partial charge in [-0.15, -0.1) is 0 Å². The molecule has 0 amide bonds. The van der Waals surface area contributed by atoms with Crippen LogP contribution in [-0.2, 0) is 12.8 Å². The highest BCUT2D eigenvalue weighted by Gasteiger charge is 2.09. The van der Waals surface area contributed by atoms with Crippen molar-refractivity contribution in [3.8, 4) is 0 Å². The molecule has 2 heterocycles. The molecule has 2 aromatic heterocycles. The van der Waals surface area contributed by atoms with Crippen LogP contribution in [0.5, 0.6) is 0 Å². The van der Waals surface area contributed by atoms with Gasteiger partial charge in [0.15, 0.2) is 0 Å². The van der Waals surface area contributed by atoms with E-state index in [4.69, 9.17) is 5.73 Å². The van der Waals surface area contributed by atoms with Gasteiger partial charge < -0.3 is 11.1 Å². The van der Waals surface area contributed by atoms with Crippen LogP contribution in [0.15, 0.2) is 30.3 Å². The van der Waals surface area contributed by atoms with E-state index >= 15 is 0 Å². The molecule has 0 aliphatic rings. The number of anilines is 3. The fourth-order valence-corrected chi connectivity index (χ4v) is 2.89. The van der Waals surface area contributed by atoms with Crippen LogP contribution in [0.1, 0.15) is 30.7 Å². The van der Waals surface area contributed by atoms with Crippen LogP contribution in [0.3, 0.4) is 0 Å². The second-order valence-corrected chi connectivity index (χ2v) is 5.51. The van der Waals surface area contributed by atoms with Crippen LogP contribution < -0.4 is 11.1 Å². The Bertz CT molecular complexity index is 857. The zero-order valence-electron chi connectivity index (χ0n) is 13.7. The van der Waals surface area contributed by atoms with Gasteiger partial charge in [0.25, 0.3) is 0 Å². The summed E-state index contributed by atoms with van der Waals surface area (Å²) in [5, 5.41) is 3.43. The predicted molar refractivity (Wildman–Crippen MR) is 95.0 cm³/mol. The summed E-state index contributed by atoms with van der Waals surface area (Å²) in [6.07, 6.45) is 2.01. The molecule has 3 aromatic rings. The molecular weight excluding hydrogens is 286 g/mol. The zero-order chi connectivity index (χ0) is 16.4. The molecule has 0 atom stereocenters. The van der Waals surface area contributed by atoms with E-state index in [1.54, 1.807) is 0 Å². The molecular formula is C18H21N5. The summed E-state index contributed by atoms with van der Waals surface area (Å²) in [6.45, 7) is 6.25. The summed E-state index contributed by atoms with van der Waals surface area (Å²) in [6, 6.07) is 10.2. The Morgan fingerprint density at radius 3 is 2.57 bits per heavy atom.